The molecular formula is C19H26N4O2S. The van der Waals surface area contributed by atoms with Crippen LogP contribution in [0.5, 0.6) is 11.5 Å². The number of hydrogen-bond donors (Lipinski definition) is 2. The molecule has 0 amide bonds. The van der Waals surface area contributed by atoms with E-state index in [-0.39, 0.29) is 0 Å². The molecule has 0 unspecified atom stereocenters. The second-order valence-corrected chi connectivity index (χ2v) is 7.21. The Bertz CT molecular complexity index is 760. The SMILES string of the molecule is COc1ccc(CN=C(N)NCCN2CCc3sccc3C2)cc1OC. The smallest absolute Gasteiger partial charge is 0.188 e. The molecule has 1 aromatic heterocycles. The van der Waals surface area contributed by atoms with Crippen LogP contribution < -0.4 is 20.5 Å². The molecule has 0 bridgehead atoms. The predicted molar refractivity (Wildman–Crippen MR) is 106 cm³/mol. The van der Waals surface area contributed by atoms with Gasteiger partial charge in [-0.25, -0.2) is 4.99 Å². The van der Waals surface area contributed by atoms with Gasteiger partial charge in [0.25, 0.3) is 0 Å². The third kappa shape index (κ3) is 4.68. The van der Waals surface area contributed by atoms with Crippen molar-refractivity contribution in [3.05, 3.63) is 45.6 Å². The number of aliphatic imine (C=N–C) groups is 1. The number of benzene rings is 1. The minimum Gasteiger partial charge on any atom is -0.493 e. The zero-order valence-electron chi connectivity index (χ0n) is 15.3. The second-order valence-electron chi connectivity index (χ2n) is 6.21. The van der Waals surface area contributed by atoms with Crippen molar-refractivity contribution in [1.29, 1.82) is 0 Å². The highest BCUT2D eigenvalue weighted by atomic mass is 32.1. The molecule has 3 rings (SSSR count). The second kappa shape index (κ2) is 8.91. The van der Waals surface area contributed by atoms with Crippen molar-refractivity contribution in [3.8, 4) is 11.5 Å². The maximum Gasteiger partial charge on any atom is 0.188 e. The minimum absolute atomic E-state index is 0.466. The summed E-state index contributed by atoms with van der Waals surface area (Å²) in [4.78, 5) is 8.39. The molecule has 2 aromatic rings. The van der Waals surface area contributed by atoms with Gasteiger partial charge in [0.2, 0.25) is 0 Å². The van der Waals surface area contributed by atoms with E-state index >= 15 is 0 Å². The average Bonchev–Trinajstić information content (AvgIpc) is 3.14. The highest BCUT2D eigenvalue weighted by molar-refractivity contribution is 7.10. The Morgan fingerprint density at radius 1 is 1.27 bits per heavy atom. The van der Waals surface area contributed by atoms with Gasteiger partial charge in [0.1, 0.15) is 0 Å². The summed E-state index contributed by atoms with van der Waals surface area (Å²) in [5.74, 6) is 1.87. The average molecular weight is 375 g/mol. The van der Waals surface area contributed by atoms with Crippen LogP contribution in [0.2, 0.25) is 0 Å². The standard InChI is InChI=1S/C19H26N4O2S/c1-24-16-4-3-14(11-17(16)25-2)12-22-19(20)21-7-9-23-8-5-18-15(13-23)6-10-26-18/h3-4,6,10-11H,5,7-9,12-13H2,1-2H3,(H3,20,21,22). The first kappa shape index (κ1) is 18.5. The van der Waals surface area contributed by atoms with Crippen molar-refractivity contribution in [2.45, 2.75) is 19.5 Å². The molecule has 0 atom stereocenters. The summed E-state index contributed by atoms with van der Waals surface area (Å²) in [5, 5.41) is 5.39. The van der Waals surface area contributed by atoms with E-state index in [4.69, 9.17) is 15.2 Å². The van der Waals surface area contributed by atoms with Gasteiger partial charge in [-0.1, -0.05) is 6.07 Å². The lowest BCUT2D eigenvalue weighted by Crippen LogP contribution is -2.40. The molecular weight excluding hydrogens is 348 g/mol. The fourth-order valence-electron chi connectivity index (χ4n) is 3.05. The number of nitrogens with two attached hydrogens (primary N) is 1. The molecule has 6 nitrogen and oxygen atoms in total. The molecule has 3 N–H and O–H groups in total. The fourth-order valence-corrected chi connectivity index (χ4v) is 3.94. The first-order chi connectivity index (χ1) is 12.7. The van der Waals surface area contributed by atoms with Crippen LogP contribution in [-0.2, 0) is 19.5 Å². The number of nitrogens with one attached hydrogen (secondary N) is 1. The third-order valence-electron chi connectivity index (χ3n) is 4.50. The summed E-state index contributed by atoms with van der Waals surface area (Å²) < 4.78 is 10.6. The molecule has 0 fully saturated rings. The van der Waals surface area contributed by atoms with E-state index in [1.165, 1.54) is 10.4 Å². The van der Waals surface area contributed by atoms with E-state index in [1.54, 1.807) is 14.2 Å². The monoisotopic (exact) mass is 374 g/mol. The van der Waals surface area contributed by atoms with Crippen LogP contribution in [0.3, 0.4) is 0 Å². The summed E-state index contributed by atoms with van der Waals surface area (Å²) in [6.45, 7) is 4.39. The zero-order valence-corrected chi connectivity index (χ0v) is 16.1. The van der Waals surface area contributed by atoms with E-state index in [0.717, 1.165) is 38.2 Å². The summed E-state index contributed by atoms with van der Waals surface area (Å²) in [6, 6.07) is 7.99. The number of hydrogen-bond acceptors (Lipinski definition) is 5. The van der Waals surface area contributed by atoms with E-state index in [9.17, 15) is 0 Å². The molecule has 140 valence electrons. The van der Waals surface area contributed by atoms with E-state index < -0.39 is 0 Å². The Morgan fingerprint density at radius 3 is 2.92 bits per heavy atom. The lowest BCUT2D eigenvalue weighted by Gasteiger charge is -2.26. The summed E-state index contributed by atoms with van der Waals surface area (Å²) in [5.41, 5.74) is 8.48. The van der Waals surface area contributed by atoms with Crippen LogP contribution in [0, 0.1) is 0 Å². The molecule has 0 saturated carbocycles. The number of guanidine groups is 1. The molecule has 1 aliphatic heterocycles. The van der Waals surface area contributed by atoms with Gasteiger partial charge >= 0.3 is 0 Å². The van der Waals surface area contributed by atoms with Crippen molar-refractivity contribution in [2.24, 2.45) is 10.7 Å². The first-order valence-corrected chi connectivity index (χ1v) is 9.60. The first-order valence-electron chi connectivity index (χ1n) is 8.72. The normalized spacial score (nSPS) is 14.8. The fraction of sp³-hybridized carbons (Fsp3) is 0.421. The number of fused-ring (bicyclic) bond motifs is 1. The number of rotatable bonds is 7. The van der Waals surface area contributed by atoms with Crippen LogP contribution in [0.15, 0.2) is 34.6 Å². The Labute approximate surface area is 158 Å². The molecule has 1 aromatic carbocycles. The van der Waals surface area contributed by atoms with Crippen LogP contribution >= 0.6 is 11.3 Å². The van der Waals surface area contributed by atoms with Crippen LogP contribution in [-0.4, -0.2) is 44.7 Å². The van der Waals surface area contributed by atoms with Crippen LogP contribution in [0.4, 0.5) is 0 Å². The van der Waals surface area contributed by atoms with E-state index in [0.29, 0.717) is 24.0 Å². The molecule has 1 aliphatic rings. The lowest BCUT2D eigenvalue weighted by molar-refractivity contribution is 0.260. The summed E-state index contributed by atoms with van der Waals surface area (Å²) >= 11 is 1.87. The molecule has 0 saturated heterocycles. The topological polar surface area (TPSA) is 72.1 Å². The third-order valence-corrected chi connectivity index (χ3v) is 5.52. The largest absolute Gasteiger partial charge is 0.493 e. The Kier molecular flexibility index (Phi) is 6.35. The number of methoxy groups -OCH3 is 2. The van der Waals surface area contributed by atoms with Gasteiger partial charge in [-0.15, -0.1) is 11.3 Å². The number of nitrogens with zero attached hydrogens (tertiary/aromatic N) is 2. The van der Waals surface area contributed by atoms with E-state index in [1.807, 2.05) is 29.5 Å². The molecule has 26 heavy (non-hydrogen) atoms. The van der Waals surface area contributed by atoms with Gasteiger partial charge < -0.3 is 20.5 Å². The van der Waals surface area contributed by atoms with Gasteiger partial charge in [0.15, 0.2) is 17.5 Å². The highest BCUT2D eigenvalue weighted by Crippen LogP contribution is 2.27. The Morgan fingerprint density at radius 2 is 2.12 bits per heavy atom. The highest BCUT2D eigenvalue weighted by Gasteiger charge is 2.16. The Balaban J connectivity index is 1.44. The maximum atomic E-state index is 5.99. The predicted octanol–water partition coefficient (Wildman–Crippen LogP) is 2.23. The van der Waals surface area contributed by atoms with Crippen molar-refractivity contribution < 1.29 is 9.47 Å². The van der Waals surface area contributed by atoms with Crippen molar-refractivity contribution in [1.82, 2.24) is 10.2 Å². The maximum absolute atomic E-state index is 5.99. The summed E-state index contributed by atoms with van der Waals surface area (Å²) in [7, 11) is 3.25. The summed E-state index contributed by atoms with van der Waals surface area (Å²) in [6.07, 6.45) is 1.15. The van der Waals surface area contributed by atoms with Crippen LogP contribution in [0.25, 0.3) is 0 Å². The van der Waals surface area contributed by atoms with Gasteiger partial charge in [-0.3, -0.25) is 4.90 Å². The molecule has 0 radical (unpaired) electrons. The van der Waals surface area contributed by atoms with Gasteiger partial charge in [0, 0.05) is 31.1 Å². The van der Waals surface area contributed by atoms with Crippen LogP contribution in [0.1, 0.15) is 16.0 Å². The zero-order chi connectivity index (χ0) is 18.4. The van der Waals surface area contributed by atoms with Crippen molar-refractivity contribution >= 4 is 17.3 Å². The lowest BCUT2D eigenvalue weighted by atomic mass is 10.1. The number of thiophene rings is 1. The quantitative estimate of drug-likeness (QED) is 0.574. The molecule has 0 spiro atoms. The van der Waals surface area contributed by atoms with Gasteiger partial charge in [-0.05, 0) is 41.1 Å². The minimum atomic E-state index is 0.466. The van der Waals surface area contributed by atoms with Crippen molar-refractivity contribution in [2.75, 3.05) is 33.9 Å². The molecule has 2 heterocycles. The number of ether oxygens (including phenoxy) is 2. The van der Waals surface area contributed by atoms with Gasteiger partial charge in [-0.2, -0.15) is 0 Å². The van der Waals surface area contributed by atoms with E-state index in [2.05, 4.69) is 26.7 Å². The Hall–Kier alpha value is -2.25. The molecule has 0 aliphatic carbocycles. The van der Waals surface area contributed by atoms with Gasteiger partial charge in [0.05, 0.1) is 20.8 Å². The van der Waals surface area contributed by atoms with Crippen molar-refractivity contribution in [3.63, 3.8) is 0 Å². The molecule has 7 heteroatoms.